The van der Waals surface area contributed by atoms with E-state index in [4.69, 9.17) is 25.4 Å². The Morgan fingerprint density at radius 2 is 1.71 bits per heavy atom. The van der Waals surface area contributed by atoms with Crippen LogP contribution in [0, 0.1) is 18.3 Å². The van der Waals surface area contributed by atoms with Gasteiger partial charge in [0.2, 0.25) is 5.75 Å². The average molecular weight is 294 g/mol. The van der Waals surface area contributed by atoms with Crippen molar-refractivity contribution < 1.29 is 24.1 Å². The second-order valence-electron chi connectivity index (χ2n) is 4.55. The zero-order chi connectivity index (χ0) is 15.8. The summed E-state index contributed by atoms with van der Waals surface area (Å²) in [5.41, 5.74) is 0.807. The first-order valence-corrected chi connectivity index (χ1v) is 6.58. The summed E-state index contributed by atoms with van der Waals surface area (Å²) in [6.45, 7) is 2.02. The van der Waals surface area contributed by atoms with Gasteiger partial charge < -0.3 is 24.1 Å². The third-order valence-corrected chi connectivity index (χ3v) is 3.17. The molecule has 0 aliphatic rings. The number of ether oxygens (including phenoxy) is 4. The van der Waals surface area contributed by atoms with Crippen LogP contribution in [0.2, 0.25) is 0 Å². The summed E-state index contributed by atoms with van der Waals surface area (Å²) in [4.78, 5) is 0. The Bertz CT molecular complexity index is 467. The van der Waals surface area contributed by atoms with Crippen molar-refractivity contribution in [3.05, 3.63) is 17.7 Å². The molecule has 0 aliphatic carbocycles. The zero-order valence-electron chi connectivity index (χ0n) is 12.9. The molecule has 0 spiro atoms. The van der Waals surface area contributed by atoms with Crippen molar-refractivity contribution in [1.29, 1.82) is 0 Å². The van der Waals surface area contributed by atoms with E-state index in [-0.39, 0.29) is 25.2 Å². The van der Waals surface area contributed by atoms with Crippen molar-refractivity contribution in [1.82, 2.24) is 0 Å². The first kappa shape index (κ1) is 17.2. The average Bonchev–Trinajstić information content (AvgIpc) is 2.53. The summed E-state index contributed by atoms with van der Waals surface area (Å²) < 4.78 is 21.6. The number of aliphatic hydroxyl groups is 1. The van der Waals surface area contributed by atoms with Crippen molar-refractivity contribution in [2.24, 2.45) is 5.92 Å². The normalized spacial score (nSPS) is 13.1. The highest BCUT2D eigenvalue weighted by Gasteiger charge is 2.23. The lowest BCUT2D eigenvalue weighted by Crippen LogP contribution is -2.17. The molecule has 116 valence electrons. The molecule has 0 aliphatic heterocycles. The molecule has 1 aromatic rings. The molecule has 0 fully saturated rings. The second kappa shape index (κ2) is 8.40. The molecule has 5 nitrogen and oxygen atoms in total. The third kappa shape index (κ3) is 4.03. The Balaban J connectivity index is 3.27. The van der Waals surface area contributed by atoms with E-state index in [0.717, 1.165) is 5.56 Å². The lowest BCUT2D eigenvalue weighted by molar-refractivity contribution is 0.0152. The Morgan fingerprint density at radius 1 is 1.14 bits per heavy atom. The highest BCUT2D eigenvalue weighted by Crippen LogP contribution is 2.41. The van der Waals surface area contributed by atoms with Gasteiger partial charge in [-0.2, -0.15) is 0 Å². The fraction of sp³-hybridized carbons (Fsp3) is 0.500. The summed E-state index contributed by atoms with van der Waals surface area (Å²) in [5, 5.41) is 9.40. The van der Waals surface area contributed by atoms with Crippen LogP contribution in [0.5, 0.6) is 17.2 Å². The van der Waals surface area contributed by atoms with Crippen LogP contribution in [0.15, 0.2) is 12.1 Å². The SMILES string of the molecule is C#CCO[C@H](c1cc(OC)c(OC)c(OC)c1)C(C)CO. The molecule has 1 unspecified atom stereocenters. The van der Waals surface area contributed by atoms with Gasteiger partial charge in [0, 0.05) is 12.5 Å². The lowest BCUT2D eigenvalue weighted by atomic mass is 9.97. The minimum atomic E-state index is -0.361. The predicted octanol–water partition coefficient (Wildman–Crippen LogP) is 2.03. The quantitative estimate of drug-likeness (QED) is 0.744. The summed E-state index contributed by atoms with van der Waals surface area (Å²) in [6.07, 6.45) is 4.89. The van der Waals surface area contributed by atoms with Crippen LogP contribution in [-0.4, -0.2) is 39.6 Å². The van der Waals surface area contributed by atoms with Crippen LogP contribution in [0.25, 0.3) is 0 Å². The molecule has 0 bridgehead atoms. The van der Waals surface area contributed by atoms with Gasteiger partial charge >= 0.3 is 0 Å². The topological polar surface area (TPSA) is 57.2 Å². The summed E-state index contributed by atoms with van der Waals surface area (Å²) in [6, 6.07) is 3.60. The van der Waals surface area contributed by atoms with Gasteiger partial charge in [0.25, 0.3) is 0 Å². The van der Waals surface area contributed by atoms with E-state index in [1.165, 1.54) is 0 Å². The molecule has 5 heteroatoms. The molecule has 0 heterocycles. The molecule has 1 N–H and O–H groups in total. The fourth-order valence-corrected chi connectivity index (χ4v) is 2.09. The molecule has 2 atom stereocenters. The predicted molar refractivity (Wildman–Crippen MR) is 79.9 cm³/mol. The first-order chi connectivity index (χ1) is 10.1. The molecule has 1 aromatic carbocycles. The lowest BCUT2D eigenvalue weighted by Gasteiger charge is -2.24. The Morgan fingerprint density at radius 3 is 2.10 bits per heavy atom. The number of terminal acetylenes is 1. The minimum absolute atomic E-state index is 0.0219. The number of rotatable bonds is 8. The van der Waals surface area contributed by atoms with Gasteiger partial charge in [0.05, 0.1) is 27.4 Å². The van der Waals surface area contributed by atoms with Crippen molar-refractivity contribution in [3.8, 4) is 29.6 Å². The Hall–Kier alpha value is -1.90. The van der Waals surface area contributed by atoms with Gasteiger partial charge in [-0.3, -0.25) is 0 Å². The molecule has 1 rings (SSSR count). The molecule has 0 saturated carbocycles. The summed E-state index contributed by atoms with van der Waals surface area (Å²) in [5.74, 6) is 3.89. The Kier molecular flexibility index (Phi) is 6.86. The van der Waals surface area contributed by atoms with Gasteiger partial charge in [-0.15, -0.1) is 6.42 Å². The Labute approximate surface area is 125 Å². The monoisotopic (exact) mass is 294 g/mol. The smallest absolute Gasteiger partial charge is 0.203 e. The number of methoxy groups -OCH3 is 3. The summed E-state index contributed by atoms with van der Waals surface area (Å²) in [7, 11) is 4.64. The van der Waals surface area contributed by atoms with Crippen LogP contribution in [0.1, 0.15) is 18.6 Å². The van der Waals surface area contributed by atoms with Gasteiger partial charge in [-0.25, -0.2) is 0 Å². The van der Waals surface area contributed by atoms with E-state index in [2.05, 4.69) is 5.92 Å². The second-order valence-corrected chi connectivity index (χ2v) is 4.55. The molecular weight excluding hydrogens is 272 g/mol. The van der Waals surface area contributed by atoms with E-state index in [1.54, 1.807) is 33.5 Å². The zero-order valence-corrected chi connectivity index (χ0v) is 12.9. The van der Waals surface area contributed by atoms with Gasteiger partial charge in [0.15, 0.2) is 11.5 Å². The molecule has 0 amide bonds. The fourth-order valence-electron chi connectivity index (χ4n) is 2.09. The van der Waals surface area contributed by atoms with Crippen molar-refractivity contribution in [3.63, 3.8) is 0 Å². The highest BCUT2D eigenvalue weighted by atomic mass is 16.5. The number of aliphatic hydroxyl groups excluding tert-OH is 1. The van der Waals surface area contributed by atoms with Crippen molar-refractivity contribution >= 4 is 0 Å². The first-order valence-electron chi connectivity index (χ1n) is 6.58. The molecular formula is C16H22O5. The highest BCUT2D eigenvalue weighted by molar-refractivity contribution is 5.54. The largest absolute Gasteiger partial charge is 0.493 e. The van der Waals surface area contributed by atoms with Crippen molar-refractivity contribution in [2.75, 3.05) is 34.5 Å². The van der Waals surface area contributed by atoms with Crippen LogP contribution >= 0.6 is 0 Å². The van der Waals surface area contributed by atoms with Crippen LogP contribution in [0.4, 0.5) is 0 Å². The van der Waals surface area contributed by atoms with E-state index in [9.17, 15) is 5.11 Å². The van der Waals surface area contributed by atoms with Crippen LogP contribution in [0.3, 0.4) is 0 Å². The van der Waals surface area contributed by atoms with E-state index >= 15 is 0 Å². The van der Waals surface area contributed by atoms with E-state index in [1.807, 2.05) is 6.92 Å². The molecule has 0 radical (unpaired) electrons. The van der Waals surface area contributed by atoms with Crippen molar-refractivity contribution in [2.45, 2.75) is 13.0 Å². The molecule has 0 saturated heterocycles. The van der Waals surface area contributed by atoms with Gasteiger partial charge in [0.1, 0.15) is 6.61 Å². The number of hydrogen-bond donors (Lipinski definition) is 1. The van der Waals surface area contributed by atoms with Crippen LogP contribution < -0.4 is 14.2 Å². The third-order valence-electron chi connectivity index (χ3n) is 3.17. The maximum atomic E-state index is 9.40. The molecule has 21 heavy (non-hydrogen) atoms. The number of benzene rings is 1. The van der Waals surface area contributed by atoms with Gasteiger partial charge in [-0.05, 0) is 17.7 Å². The molecule has 0 aromatic heterocycles. The maximum Gasteiger partial charge on any atom is 0.203 e. The number of hydrogen-bond acceptors (Lipinski definition) is 5. The van der Waals surface area contributed by atoms with E-state index in [0.29, 0.717) is 17.2 Å². The minimum Gasteiger partial charge on any atom is -0.493 e. The summed E-state index contributed by atoms with van der Waals surface area (Å²) >= 11 is 0. The standard InChI is InChI=1S/C16H22O5/c1-6-7-21-15(11(2)10-17)12-8-13(18-3)16(20-5)14(9-12)19-4/h1,8-9,11,15,17H,7,10H2,2-5H3/t11?,15-/m0/s1. The van der Waals surface area contributed by atoms with E-state index < -0.39 is 0 Å². The maximum absolute atomic E-state index is 9.40. The van der Waals surface area contributed by atoms with Gasteiger partial charge in [-0.1, -0.05) is 12.8 Å². The van der Waals surface area contributed by atoms with Crippen LogP contribution in [-0.2, 0) is 4.74 Å².